The van der Waals surface area contributed by atoms with Gasteiger partial charge in [-0.2, -0.15) is 0 Å². The van der Waals surface area contributed by atoms with Crippen LogP contribution in [0.15, 0.2) is 0 Å². The summed E-state index contributed by atoms with van der Waals surface area (Å²) >= 11 is 0. The fourth-order valence-corrected chi connectivity index (χ4v) is 3.44. The fraction of sp³-hybridized carbons (Fsp3) is 0.789. The third-order valence-corrected chi connectivity index (χ3v) is 5.10. The van der Waals surface area contributed by atoms with Gasteiger partial charge in [0, 0.05) is 78.4 Å². The number of aliphatic carboxylic acids is 4. The zero-order valence-electron chi connectivity index (χ0n) is 18.1. The van der Waals surface area contributed by atoms with Gasteiger partial charge in [0.25, 0.3) is 0 Å². The molecule has 0 aromatic heterocycles. The molecule has 0 aliphatic carbocycles. The maximum Gasteiger partial charge on any atom is 3.00 e. The van der Waals surface area contributed by atoms with Crippen LogP contribution >= 0.6 is 0 Å². The van der Waals surface area contributed by atoms with Crippen LogP contribution in [-0.2, 0) is 19.2 Å². The van der Waals surface area contributed by atoms with Crippen molar-refractivity contribution in [3.63, 3.8) is 0 Å². The van der Waals surface area contributed by atoms with E-state index < -0.39 is 23.9 Å². The molecule has 1 rings (SSSR count). The molecule has 1 fully saturated rings. The second-order valence-electron chi connectivity index (χ2n) is 7.64. The zero-order chi connectivity index (χ0) is 23.2. The number of nitrogens with zero attached hydrogens (tertiary/aromatic N) is 4. The molecular formula is C19H31GdN4O8. The summed E-state index contributed by atoms with van der Waals surface area (Å²) in [7, 11) is 0. The summed E-state index contributed by atoms with van der Waals surface area (Å²) < 4.78 is 0. The standard InChI is InChI=1S/C19H34N4O8.Gd/c24-16(25)3-1-2-4-20-5-7-21(13-17(26)27)9-11-23(15-19(30)31)12-10-22(8-6-20)14-18(28)29;/h1-15H2,(H,24,25)(H,26,27)(H,28,29)(H,30,31);/q;+3/p-3. The molecule has 0 aromatic carbocycles. The van der Waals surface area contributed by atoms with Crippen LogP contribution in [0.4, 0.5) is 0 Å². The van der Waals surface area contributed by atoms with Gasteiger partial charge in [-0.1, -0.05) is 0 Å². The minimum absolute atomic E-state index is 0. The van der Waals surface area contributed by atoms with E-state index in [1.165, 1.54) is 0 Å². The monoisotopic (exact) mass is 601 g/mol. The molecule has 1 aliphatic heterocycles. The molecule has 0 saturated carbocycles. The second kappa shape index (κ2) is 17.5. The van der Waals surface area contributed by atoms with E-state index in [4.69, 9.17) is 5.11 Å². The summed E-state index contributed by atoms with van der Waals surface area (Å²) in [4.78, 5) is 50.9. The van der Waals surface area contributed by atoms with E-state index in [0.29, 0.717) is 58.7 Å². The van der Waals surface area contributed by atoms with Crippen LogP contribution < -0.4 is 15.3 Å². The van der Waals surface area contributed by atoms with Gasteiger partial charge in [0.2, 0.25) is 0 Å². The quantitative estimate of drug-likeness (QED) is 0.224. The first kappa shape index (κ1) is 31.0. The Labute approximate surface area is 219 Å². The van der Waals surface area contributed by atoms with Crippen LogP contribution in [-0.4, -0.2) is 127 Å². The van der Waals surface area contributed by atoms with E-state index in [0.717, 1.165) is 0 Å². The molecule has 32 heavy (non-hydrogen) atoms. The van der Waals surface area contributed by atoms with Gasteiger partial charge in [0.05, 0.1) is 17.9 Å². The number of carbonyl (C=O) groups is 4. The molecule has 13 heteroatoms. The van der Waals surface area contributed by atoms with Crippen LogP contribution in [0.1, 0.15) is 19.3 Å². The van der Waals surface area contributed by atoms with E-state index in [9.17, 15) is 34.5 Å². The molecule has 1 N–H and O–H groups in total. The Morgan fingerprint density at radius 1 is 0.594 bits per heavy atom. The molecule has 183 valence electrons. The van der Waals surface area contributed by atoms with Crippen molar-refractivity contribution in [1.29, 1.82) is 0 Å². The molecule has 0 amide bonds. The molecule has 0 bridgehead atoms. The Morgan fingerprint density at radius 3 is 1.19 bits per heavy atom. The molecule has 0 unspecified atom stereocenters. The number of hydrogen-bond acceptors (Lipinski definition) is 11. The van der Waals surface area contributed by atoms with Crippen LogP contribution in [0.3, 0.4) is 0 Å². The van der Waals surface area contributed by atoms with E-state index in [1.807, 2.05) is 4.90 Å². The number of carboxylic acid groups (broad SMARTS) is 4. The van der Waals surface area contributed by atoms with Crippen LogP contribution in [0, 0.1) is 39.9 Å². The molecule has 0 atom stereocenters. The average molecular weight is 601 g/mol. The van der Waals surface area contributed by atoms with Crippen molar-refractivity contribution >= 4 is 23.9 Å². The van der Waals surface area contributed by atoms with E-state index in [-0.39, 0.29) is 79.1 Å². The Balaban J connectivity index is 0.00000961. The maximum atomic E-state index is 11.1. The largest absolute Gasteiger partial charge is 3.00 e. The second-order valence-corrected chi connectivity index (χ2v) is 7.64. The predicted molar refractivity (Wildman–Crippen MR) is 102 cm³/mol. The van der Waals surface area contributed by atoms with Crippen molar-refractivity contribution in [3.8, 4) is 0 Å². The van der Waals surface area contributed by atoms with Crippen molar-refractivity contribution in [3.05, 3.63) is 0 Å². The van der Waals surface area contributed by atoms with Gasteiger partial charge in [-0.15, -0.1) is 0 Å². The molecule has 1 saturated heterocycles. The first-order chi connectivity index (χ1) is 14.7. The molecule has 1 aliphatic rings. The van der Waals surface area contributed by atoms with Crippen molar-refractivity contribution in [1.82, 2.24) is 19.6 Å². The minimum Gasteiger partial charge on any atom is -0.549 e. The van der Waals surface area contributed by atoms with E-state index >= 15 is 0 Å². The Kier molecular flexibility index (Phi) is 17.0. The average Bonchev–Trinajstić information content (AvgIpc) is 2.65. The van der Waals surface area contributed by atoms with Gasteiger partial charge in [-0.25, -0.2) is 0 Å². The topological polar surface area (TPSA) is 171 Å². The summed E-state index contributed by atoms with van der Waals surface area (Å²) in [5, 5.41) is 42.0. The normalized spacial score (nSPS) is 18.1. The smallest absolute Gasteiger partial charge is 0.549 e. The first-order valence-electron chi connectivity index (χ1n) is 10.4. The first-order valence-corrected chi connectivity index (χ1v) is 10.4. The van der Waals surface area contributed by atoms with Crippen molar-refractivity contribution < 1.29 is 79.5 Å². The number of unbranched alkanes of at least 4 members (excludes halogenated alkanes) is 1. The number of carboxylic acids is 4. The van der Waals surface area contributed by atoms with Gasteiger partial charge in [0.1, 0.15) is 0 Å². The van der Waals surface area contributed by atoms with Crippen LogP contribution in [0.25, 0.3) is 0 Å². The SMILES string of the molecule is O=C([O-])CN1CCN(CCCCC(=O)O)CCN(CC(=O)[O-])CCN(CC(=O)[O-])CC1.[Gd+3]. The van der Waals surface area contributed by atoms with Crippen LogP contribution in [0.2, 0.25) is 0 Å². The van der Waals surface area contributed by atoms with Crippen molar-refractivity contribution in [2.75, 3.05) is 78.5 Å². The van der Waals surface area contributed by atoms with E-state index in [2.05, 4.69) is 0 Å². The summed E-state index contributed by atoms with van der Waals surface area (Å²) in [6.45, 7) is 2.63. The number of hydrogen-bond donors (Lipinski definition) is 1. The summed E-state index contributed by atoms with van der Waals surface area (Å²) in [5.74, 6) is -4.59. The van der Waals surface area contributed by atoms with Crippen molar-refractivity contribution in [2.45, 2.75) is 19.3 Å². The van der Waals surface area contributed by atoms with Gasteiger partial charge < -0.3 is 39.7 Å². The summed E-state index contributed by atoms with van der Waals surface area (Å²) in [6, 6.07) is 0. The molecule has 1 heterocycles. The maximum absolute atomic E-state index is 11.1. The summed E-state index contributed by atoms with van der Waals surface area (Å²) in [5.41, 5.74) is 0. The Bertz CT molecular complexity index is 578. The van der Waals surface area contributed by atoms with Gasteiger partial charge in [0.15, 0.2) is 0 Å². The zero-order valence-corrected chi connectivity index (χ0v) is 20.3. The molecule has 1 radical (unpaired) electrons. The molecule has 0 aromatic rings. The Morgan fingerprint density at radius 2 is 0.906 bits per heavy atom. The van der Waals surface area contributed by atoms with Gasteiger partial charge in [-0.05, 0) is 19.4 Å². The molecule has 0 spiro atoms. The molecular weight excluding hydrogens is 569 g/mol. The van der Waals surface area contributed by atoms with Gasteiger partial charge in [-0.3, -0.25) is 19.5 Å². The van der Waals surface area contributed by atoms with E-state index in [1.54, 1.807) is 14.7 Å². The fourth-order valence-electron chi connectivity index (χ4n) is 3.44. The third-order valence-electron chi connectivity index (χ3n) is 5.10. The number of rotatable bonds is 11. The minimum atomic E-state index is -1.27. The van der Waals surface area contributed by atoms with Crippen molar-refractivity contribution in [2.24, 2.45) is 0 Å². The number of carbonyl (C=O) groups excluding carboxylic acids is 3. The van der Waals surface area contributed by atoms with Crippen LogP contribution in [0.5, 0.6) is 0 Å². The van der Waals surface area contributed by atoms with Gasteiger partial charge >= 0.3 is 45.9 Å². The summed E-state index contributed by atoms with van der Waals surface area (Å²) in [6.07, 6.45) is 1.22. The third kappa shape index (κ3) is 15.8. The molecule has 12 nitrogen and oxygen atoms in total. The predicted octanol–water partition coefficient (Wildman–Crippen LogP) is -5.29. The Hall–Kier alpha value is -0.955.